The van der Waals surface area contributed by atoms with Gasteiger partial charge in [0.1, 0.15) is 0 Å². The number of thiazole rings is 1. The van der Waals surface area contributed by atoms with E-state index in [9.17, 15) is 4.79 Å². The van der Waals surface area contributed by atoms with Crippen LogP contribution >= 0.6 is 23.1 Å². The zero-order valence-corrected chi connectivity index (χ0v) is 17.7. The summed E-state index contributed by atoms with van der Waals surface area (Å²) in [5.74, 6) is 1.57. The fourth-order valence-corrected chi connectivity index (χ4v) is 4.12. The lowest BCUT2D eigenvalue weighted by molar-refractivity contribution is 0.252. The lowest BCUT2D eigenvalue weighted by Gasteiger charge is -2.07. The van der Waals surface area contributed by atoms with E-state index in [1.54, 1.807) is 23.1 Å². The number of amides is 2. The number of carbonyl (C=O) groups is 1. The number of carbonyl (C=O) groups excluding carboxylic acids is 1. The Bertz CT molecular complexity index is 905. The molecule has 2 heterocycles. The predicted molar refractivity (Wildman–Crippen MR) is 111 cm³/mol. The molecule has 28 heavy (non-hydrogen) atoms. The van der Waals surface area contributed by atoms with Gasteiger partial charge in [-0.05, 0) is 37.6 Å². The summed E-state index contributed by atoms with van der Waals surface area (Å²) >= 11 is 3.24. The van der Waals surface area contributed by atoms with E-state index in [-0.39, 0.29) is 11.9 Å². The first kappa shape index (κ1) is 20.3. The summed E-state index contributed by atoms with van der Waals surface area (Å²) in [7, 11) is 0. The van der Waals surface area contributed by atoms with E-state index in [0.29, 0.717) is 24.7 Å². The van der Waals surface area contributed by atoms with Crippen LogP contribution < -0.4 is 10.6 Å². The van der Waals surface area contributed by atoms with Gasteiger partial charge in [0, 0.05) is 40.5 Å². The third kappa shape index (κ3) is 6.07. The SMILES string of the molecule is Cc1csc(Sc2ccc(NC(=O)NCCCc3nc(C(C)C)no3)cc2)n1. The second-order valence-corrected chi connectivity index (χ2v) is 8.75. The molecular formula is C19H23N5O2S2. The summed E-state index contributed by atoms with van der Waals surface area (Å²) in [6.45, 7) is 6.55. The molecule has 0 saturated carbocycles. The number of hydrogen-bond donors (Lipinski definition) is 2. The van der Waals surface area contributed by atoms with Crippen LogP contribution in [0.25, 0.3) is 0 Å². The Morgan fingerprint density at radius 1 is 1.25 bits per heavy atom. The first-order valence-electron chi connectivity index (χ1n) is 9.07. The molecule has 3 rings (SSSR count). The molecule has 1 aromatic carbocycles. The van der Waals surface area contributed by atoms with Crippen molar-refractivity contribution in [2.45, 2.75) is 48.8 Å². The number of aryl methyl sites for hydroxylation is 2. The molecule has 0 saturated heterocycles. The third-order valence-corrected chi connectivity index (χ3v) is 5.83. The van der Waals surface area contributed by atoms with Gasteiger partial charge in [-0.3, -0.25) is 0 Å². The van der Waals surface area contributed by atoms with Crippen molar-refractivity contribution in [1.29, 1.82) is 0 Å². The maximum Gasteiger partial charge on any atom is 0.319 e. The van der Waals surface area contributed by atoms with Crippen molar-refractivity contribution in [1.82, 2.24) is 20.4 Å². The molecule has 0 fully saturated rings. The van der Waals surface area contributed by atoms with Gasteiger partial charge in [0.2, 0.25) is 5.89 Å². The number of nitrogens with zero attached hydrogens (tertiary/aromatic N) is 3. The van der Waals surface area contributed by atoms with Gasteiger partial charge in [-0.1, -0.05) is 30.8 Å². The highest BCUT2D eigenvalue weighted by atomic mass is 32.2. The molecule has 0 spiro atoms. The van der Waals surface area contributed by atoms with Crippen molar-refractivity contribution in [3.63, 3.8) is 0 Å². The molecular weight excluding hydrogens is 394 g/mol. The van der Waals surface area contributed by atoms with Gasteiger partial charge in [0.15, 0.2) is 10.2 Å². The highest BCUT2D eigenvalue weighted by Gasteiger charge is 2.09. The molecule has 2 aromatic heterocycles. The van der Waals surface area contributed by atoms with Gasteiger partial charge in [0.05, 0.1) is 0 Å². The Hall–Kier alpha value is -2.39. The standard InChI is InChI=1S/C19H23N5O2S2/c1-12(2)17-23-16(26-24-17)5-4-10-20-18(25)22-14-6-8-15(9-7-14)28-19-21-13(3)11-27-19/h6-9,11-12H,4-5,10H2,1-3H3,(H2,20,22,25). The summed E-state index contributed by atoms with van der Waals surface area (Å²) in [5, 5.41) is 11.6. The molecule has 0 aliphatic rings. The summed E-state index contributed by atoms with van der Waals surface area (Å²) in [6, 6.07) is 7.48. The molecule has 3 aromatic rings. The Balaban J connectivity index is 1.38. The number of benzene rings is 1. The quantitative estimate of drug-likeness (QED) is 0.508. The third-order valence-electron chi connectivity index (χ3n) is 3.77. The van der Waals surface area contributed by atoms with Gasteiger partial charge < -0.3 is 15.2 Å². The molecule has 0 unspecified atom stereocenters. The topological polar surface area (TPSA) is 92.9 Å². The summed E-state index contributed by atoms with van der Waals surface area (Å²) in [5.41, 5.74) is 1.78. The van der Waals surface area contributed by atoms with Crippen molar-refractivity contribution in [2.24, 2.45) is 0 Å². The van der Waals surface area contributed by atoms with E-state index in [1.807, 2.05) is 50.4 Å². The van der Waals surface area contributed by atoms with Crippen LogP contribution in [0.1, 0.15) is 43.6 Å². The monoisotopic (exact) mass is 417 g/mol. The minimum absolute atomic E-state index is 0.232. The average molecular weight is 418 g/mol. The smallest absolute Gasteiger partial charge is 0.319 e. The van der Waals surface area contributed by atoms with Gasteiger partial charge in [0.25, 0.3) is 0 Å². The average Bonchev–Trinajstić information content (AvgIpc) is 3.30. The zero-order chi connectivity index (χ0) is 19.9. The Morgan fingerprint density at radius 2 is 2.04 bits per heavy atom. The normalized spacial score (nSPS) is 11.0. The fourth-order valence-electron chi connectivity index (χ4n) is 2.31. The molecule has 0 aliphatic heterocycles. The molecule has 0 atom stereocenters. The fraction of sp³-hybridized carbons (Fsp3) is 0.368. The number of anilines is 1. The van der Waals surface area contributed by atoms with E-state index >= 15 is 0 Å². The summed E-state index contributed by atoms with van der Waals surface area (Å²) in [4.78, 5) is 21.9. The zero-order valence-electron chi connectivity index (χ0n) is 16.1. The van der Waals surface area contributed by atoms with Crippen molar-refractivity contribution < 1.29 is 9.32 Å². The highest BCUT2D eigenvalue weighted by molar-refractivity contribution is 8.01. The van der Waals surface area contributed by atoms with E-state index in [0.717, 1.165) is 27.0 Å². The van der Waals surface area contributed by atoms with Gasteiger partial charge in [-0.2, -0.15) is 4.98 Å². The minimum atomic E-state index is -0.232. The maximum absolute atomic E-state index is 12.0. The first-order valence-corrected chi connectivity index (χ1v) is 10.8. The van der Waals surface area contributed by atoms with Gasteiger partial charge in [-0.15, -0.1) is 11.3 Å². The number of nitrogens with one attached hydrogen (secondary N) is 2. The van der Waals surface area contributed by atoms with Gasteiger partial charge in [-0.25, -0.2) is 9.78 Å². The second-order valence-electron chi connectivity index (χ2n) is 6.57. The first-order chi connectivity index (χ1) is 13.5. The number of urea groups is 1. The molecule has 9 heteroatoms. The van der Waals surface area contributed by atoms with Crippen LogP contribution in [-0.4, -0.2) is 27.7 Å². The van der Waals surface area contributed by atoms with Crippen LogP contribution in [0.5, 0.6) is 0 Å². The molecule has 148 valence electrons. The van der Waals surface area contributed by atoms with Crippen molar-refractivity contribution in [3.8, 4) is 0 Å². The Labute approximate surface area is 172 Å². The summed E-state index contributed by atoms with van der Waals surface area (Å²) < 4.78 is 6.20. The van der Waals surface area contributed by atoms with Crippen LogP contribution in [0.3, 0.4) is 0 Å². The Morgan fingerprint density at radius 3 is 2.68 bits per heavy atom. The number of rotatable bonds is 8. The van der Waals surface area contributed by atoms with Crippen molar-refractivity contribution >= 4 is 34.8 Å². The molecule has 0 aliphatic carbocycles. The van der Waals surface area contributed by atoms with Crippen molar-refractivity contribution in [2.75, 3.05) is 11.9 Å². The second kappa shape index (κ2) is 9.70. The van der Waals surface area contributed by atoms with E-state index in [4.69, 9.17) is 4.52 Å². The van der Waals surface area contributed by atoms with Crippen LogP contribution in [0.4, 0.5) is 10.5 Å². The molecule has 0 radical (unpaired) electrons. The van der Waals surface area contributed by atoms with Crippen LogP contribution in [0.2, 0.25) is 0 Å². The number of aromatic nitrogens is 3. The molecule has 2 N–H and O–H groups in total. The van der Waals surface area contributed by atoms with Crippen molar-refractivity contribution in [3.05, 3.63) is 47.1 Å². The van der Waals surface area contributed by atoms with Crippen LogP contribution in [0.15, 0.2) is 43.4 Å². The molecule has 2 amide bonds. The lowest BCUT2D eigenvalue weighted by Crippen LogP contribution is -2.29. The van der Waals surface area contributed by atoms with E-state index in [1.165, 1.54) is 0 Å². The predicted octanol–water partition coefficient (Wildman–Crippen LogP) is 4.86. The largest absolute Gasteiger partial charge is 0.339 e. The Kier molecular flexibility index (Phi) is 7.05. The molecule has 7 nitrogen and oxygen atoms in total. The molecule has 0 bridgehead atoms. The lowest BCUT2D eigenvalue weighted by atomic mass is 10.2. The van der Waals surface area contributed by atoms with E-state index in [2.05, 4.69) is 25.8 Å². The maximum atomic E-state index is 12.0. The summed E-state index contributed by atoms with van der Waals surface area (Å²) in [6.07, 6.45) is 1.37. The van der Waals surface area contributed by atoms with Crippen LogP contribution in [0, 0.1) is 6.92 Å². The van der Waals surface area contributed by atoms with Gasteiger partial charge >= 0.3 is 6.03 Å². The number of hydrogen-bond acceptors (Lipinski definition) is 7. The van der Waals surface area contributed by atoms with Crippen LogP contribution in [-0.2, 0) is 6.42 Å². The highest BCUT2D eigenvalue weighted by Crippen LogP contribution is 2.30. The minimum Gasteiger partial charge on any atom is -0.339 e. The van der Waals surface area contributed by atoms with E-state index < -0.39 is 0 Å².